The van der Waals surface area contributed by atoms with Crippen LogP contribution in [0.15, 0.2) is 15.7 Å². The van der Waals surface area contributed by atoms with Gasteiger partial charge in [0, 0.05) is 52.9 Å². The Kier molecular flexibility index (Phi) is 4.99. The number of fused-ring (bicyclic) bond motifs is 4. The van der Waals surface area contributed by atoms with Crippen molar-refractivity contribution < 1.29 is 14.3 Å². The number of carbonyl (C=O) groups excluding carboxylic acids is 2. The second-order valence-electron chi connectivity index (χ2n) is 6.93. The van der Waals surface area contributed by atoms with E-state index in [9.17, 15) is 19.2 Å². The maximum Gasteiger partial charge on any atom is 0.331 e. The summed E-state index contributed by atoms with van der Waals surface area (Å²) in [7, 11) is 4.43. The lowest BCUT2D eigenvalue weighted by molar-refractivity contribution is -0.140. The van der Waals surface area contributed by atoms with Gasteiger partial charge in [0.05, 0.1) is 12.5 Å². The fourth-order valence-electron chi connectivity index (χ4n) is 3.79. The molecule has 3 aliphatic rings. The average Bonchev–Trinajstić information content (AvgIpc) is 2.92. The second-order valence-corrected chi connectivity index (χ2v) is 6.93. The van der Waals surface area contributed by atoms with Crippen molar-refractivity contribution in [3.8, 4) is 0 Å². The van der Waals surface area contributed by atoms with Crippen LogP contribution < -0.4 is 11.2 Å². The molecule has 9 nitrogen and oxygen atoms in total. The van der Waals surface area contributed by atoms with Crippen molar-refractivity contribution in [1.29, 1.82) is 0 Å². The van der Waals surface area contributed by atoms with E-state index in [-0.39, 0.29) is 29.5 Å². The predicted octanol–water partition coefficient (Wildman–Crippen LogP) is -1.21. The lowest BCUT2D eigenvalue weighted by Crippen LogP contribution is -2.49. The van der Waals surface area contributed by atoms with E-state index < -0.39 is 11.2 Å². The van der Waals surface area contributed by atoms with E-state index in [1.807, 2.05) is 0 Å². The molecule has 0 aromatic carbocycles. The molecule has 142 valence electrons. The maximum absolute atomic E-state index is 13.0. The van der Waals surface area contributed by atoms with Crippen molar-refractivity contribution in [3.05, 3.63) is 32.6 Å². The molecule has 3 fully saturated rings. The summed E-state index contributed by atoms with van der Waals surface area (Å²) < 4.78 is 7.23. The number of hydrogen-bond donors (Lipinski definition) is 0. The third kappa shape index (κ3) is 3.07. The van der Waals surface area contributed by atoms with Crippen LogP contribution in [-0.2, 0) is 23.6 Å². The van der Waals surface area contributed by atoms with E-state index in [1.54, 1.807) is 16.9 Å². The van der Waals surface area contributed by atoms with Crippen molar-refractivity contribution >= 4 is 11.8 Å². The molecule has 4 heterocycles. The average molecular weight is 364 g/mol. The van der Waals surface area contributed by atoms with Gasteiger partial charge in [-0.15, -0.1) is 0 Å². The molecule has 26 heavy (non-hydrogen) atoms. The molecule has 2 amide bonds. The van der Waals surface area contributed by atoms with Crippen LogP contribution in [0.5, 0.6) is 0 Å². The first kappa shape index (κ1) is 18.4. The fraction of sp³-hybridized carbons (Fsp3) is 0.647. The zero-order valence-corrected chi connectivity index (χ0v) is 15.3. The Balaban J connectivity index is 1.90. The predicted molar refractivity (Wildman–Crippen MR) is 92.9 cm³/mol. The third-order valence-corrected chi connectivity index (χ3v) is 5.36. The third-order valence-electron chi connectivity index (χ3n) is 5.36. The van der Waals surface area contributed by atoms with Crippen LogP contribution in [0.25, 0.3) is 0 Å². The molecular formula is C17H24N4O5. The molecule has 3 saturated heterocycles. The zero-order valence-electron chi connectivity index (χ0n) is 15.3. The highest BCUT2D eigenvalue weighted by Crippen LogP contribution is 2.29. The van der Waals surface area contributed by atoms with Crippen molar-refractivity contribution in [3.63, 3.8) is 0 Å². The monoisotopic (exact) mass is 364 g/mol. The fourth-order valence-corrected chi connectivity index (χ4v) is 3.79. The van der Waals surface area contributed by atoms with Crippen LogP contribution >= 0.6 is 0 Å². The maximum atomic E-state index is 13.0. The zero-order chi connectivity index (χ0) is 19.0. The normalized spacial score (nSPS) is 22.7. The number of ether oxygens (including phenoxy) is 1. The lowest BCUT2D eigenvalue weighted by Gasteiger charge is -2.35. The molecule has 0 aliphatic carbocycles. The summed E-state index contributed by atoms with van der Waals surface area (Å²) in [4.78, 5) is 53.1. The summed E-state index contributed by atoms with van der Waals surface area (Å²) >= 11 is 0. The number of hydrogen-bond acceptors (Lipinski definition) is 5. The molecule has 4 rings (SSSR count). The van der Waals surface area contributed by atoms with E-state index in [0.717, 1.165) is 17.4 Å². The van der Waals surface area contributed by atoms with Gasteiger partial charge in [0.15, 0.2) is 0 Å². The number of piperidine rings is 1. The molecule has 1 aromatic heterocycles. The first-order chi connectivity index (χ1) is 12.3. The Morgan fingerprint density at radius 2 is 1.88 bits per heavy atom. The molecule has 2 bridgehead atoms. The smallest absolute Gasteiger partial charge is 0.331 e. The number of carbonyl (C=O) groups is 2. The first-order valence-electron chi connectivity index (χ1n) is 8.71. The van der Waals surface area contributed by atoms with Crippen molar-refractivity contribution in [2.75, 3.05) is 33.4 Å². The minimum Gasteiger partial charge on any atom is -0.383 e. The minimum absolute atomic E-state index is 0.0477. The topological polar surface area (TPSA) is 93.8 Å². The van der Waals surface area contributed by atoms with Gasteiger partial charge >= 0.3 is 5.69 Å². The molecule has 3 aliphatic heterocycles. The summed E-state index contributed by atoms with van der Waals surface area (Å²) in [5, 5.41) is 0. The van der Waals surface area contributed by atoms with Gasteiger partial charge in [-0.2, -0.15) is 0 Å². The van der Waals surface area contributed by atoms with Gasteiger partial charge < -0.3 is 14.5 Å². The number of methoxy groups -OCH3 is 1. The van der Waals surface area contributed by atoms with Gasteiger partial charge in [0.2, 0.25) is 5.91 Å². The molecular weight excluding hydrogens is 340 g/mol. The van der Waals surface area contributed by atoms with E-state index >= 15 is 0 Å². The van der Waals surface area contributed by atoms with Gasteiger partial charge in [-0.1, -0.05) is 0 Å². The second kappa shape index (κ2) is 7.06. The Morgan fingerprint density at radius 1 is 1.15 bits per heavy atom. The van der Waals surface area contributed by atoms with Crippen LogP contribution in [0.2, 0.25) is 0 Å². The van der Waals surface area contributed by atoms with Crippen LogP contribution in [0.1, 0.15) is 23.3 Å². The number of nitrogens with zero attached hydrogens (tertiary/aromatic N) is 4. The number of rotatable bonds is 4. The van der Waals surface area contributed by atoms with Gasteiger partial charge in [-0.05, 0) is 12.8 Å². The van der Waals surface area contributed by atoms with Crippen molar-refractivity contribution in [2.45, 2.75) is 18.9 Å². The Labute approximate surface area is 150 Å². The molecule has 0 spiro atoms. The molecule has 0 unspecified atom stereocenters. The molecule has 1 aromatic rings. The Morgan fingerprint density at radius 3 is 2.58 bits per heavy atom. The molecule has 0 saturated carbocycles. The van der Waals surface area contributed by atoms with Crippen molar-refractivity contribution in [2.24, 2.45) is 20.0 Å². The summed E-state index contributed by atoms with van der Waals surface area (Å²) in [5.41, 5.74) is -1.02. The van der Waals surface area contributed by atoms with Crippen LogP contribution in [-0.4, -0.2) is 70.1 Å². The molecule has 9 heteroatoms. The van der Waals surface area contributed by atoms with E-state index in [0.29, 0.717) is 26.2 Å². The number of aromatic nitrogens is 2. The standard InChI is InChI=1S/C17H24N4O5/c1-18-13(8-14(22)19(2)17(18)25)16(24)20-9-11-4-5-12(10-20)21(15(11)23)6-7-26-3/h8,11-12H,4-7,9-10H2,1-3H3/t11-,12+/m1/s1. The Hall–Kier alpha value is -2.42. The van der Waals surface area contributed by atoms with Gasteiger partial charge in [-0.25, -0.2) is 4.79 Å². The summed E-state index contributed by atoms with van der Waals surface area (Å²) in [6.07, 6.45) is 1.58. The molecule has 0 radical (unpaired) electrons. The minimum atomic E-state index is -0.545. The van der Waals surface area contributed by atoms with Crippen molar-refractivity contribution in [1.82, 2.24) is 18.9 Å². The molecule has 0 N–H and O–H groups in total. The van der Waals surface area contributed by atoms with Crippen LogP contribution in [0, 0.1) is 5.92 Å². The number of amides is 2. The SMILES string of the molecule is COCCN1C(=O)[C@@H]2CC[C@H]1CN(C(=O)c1cc(=O)n(C)c(=O)n1C)C2. The van der Waals surface area contributed by atoms with Crippen LogP contribution in [0.3, 0.4) is 0 Å². The van der Waals surface area contributed by atoms with Gasteiger partial charge in [0.1, 0.15) is 5.69 Å². The highest BCUT2D eigenvalue weighted by Gasteiger charge is 2.42. The quantitative estimate of drug-likeness (QED) is 0.669. The van der Waals surface area contributed by atoms with E-state index in [1.165, 1.54) is 24.7 Å². The van der Waals surface area contributed by atoms with E-state index in [4.69, 9.17) is 4.74 Å². The van der Waals surface area contributed by atoms with Crippen LogP contribution in [0.4, 0.5) is 0 Å². The largest absolute Gasteiger partial charge is 0.383 e. The first-order valence-corrected chi connectivity index (χ1v) is 8.71. The van der Waals surface area contributed by atoms with E-state index in [2.05, 4.69) is 0 Å². The summed E-state index contributed by atoms with van der Waals surface area (Å²) in [5.74, 6) is -0.592. The lowest BCUT2D eigenvalue weighted by atomic mass is 9.94. The summed E-state index contributed by atoms with van der Waals surface area (Å²) in [6, 6.07) is 1.12. The highest BCUT2D eigenvalue weighted by molar-refractivity contribution is 5.93. The highest BCUT2D eigenvalue weighted by atomic mass is 16.5. The Bertz CT molecular complexity index is 843. The summed E-state index contributed by atoms with van der Waals surface area (Å²) in [6.45, 7) is 1.66. The van der Waals surface area contributed by atoms with Gasteiger partial charge in [0.25, 0.3) is 11.5 Å². The molecule has 2 atom stereocenters. The van der Waals surface area contributed by atoms with Gasteiger partial charge in [-0.3, -0.25) is 23.5 Å².